The van der Waals surface area contributed by atoms with Gasteiger partial charge >= 0.3 is 6.18 Å². The van der Waals surface area contributed by atoms with E-state index in [4.69, 9.17) is 0 Å². The Bertz CT molecular complexity index is 1070. The molecule has 0 amide bonds. The minimum Gasteiger partial charge on any atom is -0.492 e. The number of fused-ring (bicyclic) bond motifs is 3. The first kappa shape index (κ1) is 14.5. The molecule has 4 aromatic rings. The van der Waals surface area contributed by atoms with E-state index >= 15 is 0 Å². The molecule has 7 heteroatoms. The molecule has 4 rings (SSSR count). The average Bonchev–Trinajstić information content (AvgIpc) is 2.92. The van der Waals surface area contributed by atoms with E-state index < -0.39 is 11.7 Å². The second-order valence-corrected chi connectivity index (χ2v) is 5.33. The van der Waals surface area contributed by atoms with Crippen molar-refractivity contribution in [1.82, 2.24) is 14.8 Å². The highest BCUT2D eigenvalue weighted by atomic mass is 19.4. The summed E-state index contributed by atoms with van der Waals surface area (Å²) in [6.07, 6.45) is -2.88. The maximum absolute atomic E-state index is 12.9. The van der Waals surface area contributed by atoms with Crippen LogP contribution in [0.5, 0.6) is 5.88 Å². The van der Waals surface area contributed by atoms with Crippen molar-refractivity contribution in [3.05, 3.63) is 60.3 Å². The van der Waals surface area contributed by atoms with Crippen LogP contribution >= 0.6 is 0 Å². The van der Waals surface area contributed by atoms with Crippen molar-refractivity contribution in [3.63, 3.8) is 0 Å². The van der Waals surface area contributed by atoms with E-state index in [0.717, 1.165) is 27.6 Å². The Balaban J connectivity index is 1.98. The van der Waals surface area contributed by atoms with Gasteiger partial charge in [-0.15, -0.1) is 0 Å². The van der Waals surface area contributed by atoms with Gasteiger partial charge in [0.15, 0.2) is 5.52 Å². The number of pyridine rings is 1. The molecule has 0 saturated carbocycles. The number of aromatic nitrogens is 3. The molecular formula is C17H10F3N3O. The smallest absolute Gasteiger partial charge is 0.416 e. The van der Waals surface area contributed by atoms with Crippen LogP contribution in [0, 0.1) is 0 Å². The molecule has 0 saturated heterocycles. The Morgan fingerprint density at radius 3 is 2.54 bits per heavy atom. The van der Waals surface area contributed by atoms with Gasteiger partial charge in [0.05, 0.1) is 11.3 Å². The molecule has 2 heterocycles. The van der Waals surface area contributed by atoms with Crippen LogP contribution in [0.4, 0.5) is 13.2 Å². The first-order valence-corrected chi connectivity index (χ1v) is 7.08. The molecule has 0 unspecified atom stereocenters. The summed E-state index contributed by atoms with van der Waals surface area (Å²) in [5.74, 6) is -0.296. The van der Waals surface area contributed by atoms with Crippen molar-refractivity contribution in [2.24, 2.45) is 0 Å². The van der Waals surface area contributed by atoms with E-state index in [1.807, 2.05) is 24.3 Å². The summed E-state index contributed by atoms with van der Waals surface area (Å²) in [6, 6.07) is 12.0. The Hall–Kier alpha value is -3.09. The average molecular weight is 329 g/mol. The molecule has 0 spiro atoms. The molecule has 2 aromatic carbocycles. The number of benzene rings is 2. The molecule has 2 aromatic heterocycles. The minimum atomic E-state index is -4.47. The summed E-state index contributed by atoms with van der Waals surface area (Å²) in [5.41, 5.74) is -0.0182. The van der Waals surface area contributed by atoms with Crippen molar-refractivity contribution in [1.29, 1.82) is 0 Å². The number of rotatable bonds is 1. The topological polar surface area (TPSA) is 50.9 Å². The van der Waals surface area contributed by atoms with E-state index in [-0.39, 0.29) is 17.1 Å². The van der Waals surface area contributed by atoms with Gasteiger partial charge in [-0.05, 0) is 18.2 Å². The minimum absolute atomic E-state index is 0.115. The number of nitrogens with zero attached hydrogens (tertiary/aromatic N) is 3. The number of alkyl halides is 3. The van der Waals surface area contributed by atoms with Crippen molar-refractivity contribution in [2.45, 2.75) is 6.18 Å². The van der Waals surface area contributed by atoms with Crippen LogP contribution in [0.2, 0.25) is 0 Å². The zero-order valence-corrected chi connectivity index (χ0v) is 12.1. The Morgan fingerprint density at radius 1 is 0.958 bits per heavy atom. The van der Waals surface area contributed by atoms with E-state index in [1.165, 1.54) is 12.1 Å². The second-order valence-electron chi connectivity index (χ2n) is 5.33. The fourth-order valence-corrected chi connectivity index (χ4v) is 2.65. The van der Waals surface area contributed by atoms with Crippen molar-refractivity contribution < 1.29 is 18.3 Å². The maximum atomic E-state index is 12.9. The number of hydrogen-bond acceptors (Lipinski definition) is 3. The highest BCUT2D eigenvalue weighted by molar-refractivity contribution is 6.04. The molecule has 0 aliphatic heterocycles. The first-order chi connectivity index (χ1) is 11.4. The molecule has 0 fully saturated rings. The molecule has 0 atom stereocenters. The highest BCUT2D eigenvalue weighted by Gasteiger charge is 2.31. The third-order valence-corrected chi connectivity index (χ3v) is 3.80. The summed E-state index contributed by atoms with van der Waals surface area (Å²) < 4.78 is 39.7. The van der Waals surface area contributed by atoms with Crippen LogP contribution in [0.3, 0.4) is 0 Å². The van der Waals surface area contributed by atoms with Crippen LogP contribution in [0.1, 0.15) is 5.56 Å². The summed E-state index contributed by atoms with van der Waals surface area (Å²) in [6.45, 7) is 0. The van der Waals surface area contributed by atoms with Crippen LogP contribution in [0.25, 0.3) is 27.5 Å². The van der Waals surface area contributed by atoms with E-state index in [2.05, 4.69) is 10.1 Å². The van der Waals surface area contributed by atoms with Crippen molar-refractivity contribution >= 4 is 21.8 Å². The summed E-state index contributed by atoms with van der Waals surface area (Å²) in [4.78, 5) is 4.17. The van der Waals surface area contributed by atoms with Gasteiger partial charge in [0.25, 0.3) is 0 Å². The van der Waals surface area contributed by atoms with Crippen LogP contribution in [0.15, 0.2) is 54.7 Å². The third kappa shape index (κ3) is 2.17. The predicted octanol–water partition coefficient (Wildman–Crippen LogP) is 4.30. The number of halogens is 3. The van der Waals surface area contributed by atoms with Crippen LogP contribution < -0.4 is 0 Å². The van der Waals surface area contributed by atoms with Crippen LogP contribution in [-0.2, 0) is 6.18 Å². The van der Waals surface area contributed by atoms with Gasteiger partial charge in [-0.3, -0.25) is 0 Å². The second kappa shape index (κ2) is 4.95. The van der Waals surface area contributed by atoms with Gasteiger partial charge in [-0.25, -0.2) is 4.98 Å². The largest absolute Gasteiger partial charge is 0.492 e. The third-order valence-electron chi connectivity index (χ3n) is 3.80. The summed E-state index contributed by atoms with van der Waals surface area (Å²) in [5, 5.41) is 16.2. The zero-order chi connectivity index (χ0) is 16.9. The molecule has 120 valence electrons. The number of hydrogen-bond donors (Lipinski definition) is 1. The maximum Gasteiger partial charge on any atom is 0.416 e. The van der Waals surface area contributed by atoms with Gasteiger partial charge in [0.2, 0.25) is 5.88 Å². The lowest BCUT2D eigenvalue weighted by Gasteiger charge is -2.09. The lowest BCUT2D eigenvalue weighted by atomic mass is 10.1. The fraction of sp³-hybridized carbons (Fsp3) is 0.0588. The molecule has 24 heavy (non-hydrogen) atoms. The normalized spacial score (nSPS) is 12.1. The quantitative estimate of drug-likeness (QED) is 0.566. The lowest BCUT2D eigenvalue weighted by Crippen LogP contribution is -2.06. The molecule has 0 radical (unpaired) electrons. The first-order valence-electron chi connectivity index (χ1n) is 7.08. The zero-order valence-electron chi connectivity index (χ0n) is 12.1. The summed E-state index contributed by atoms with van der Waals surface area (Å²) in [7, 11) is 0. The monoisotopic (exact) mass is 329 g/mol. The molecule has 0 aliphatic rings. The lowest BCUT2D eigenvalue weighted by molar-refractivity contribution is -0.137. The molecule has 0 aliphatic carbocycles. The summed E-state index contributed by atoms with van der Waals surface area (Å²) >= 11 is 0. The SMILES string of the molecule is Oc1c2ncc3ccccc3c2nn1-c1cccc(C(F)(F)F)c1. The van der Waals surface area contributed by atoms with Gasteiger partial charge < -0.3 is 5.11 Å². The van der Waals surface area contributed by atoms with E-state index in [9.17, 15) is 18.3 Å². The van der Waals surface area contributed by atoms with E-state index in [0.29, 0.717) is 5.52 Å². The molecular weight excluding hydrogens is 319 g/mol. The molecule has 4 nitrogen and oxygen atoms in total. The van der Waals surface area contributed by atoms with Gasteiger partial charge in [-0.2, -0.15) is 23.0 Å². The number of aromatic hydroxyl groups is 1. The van der Waals surface area contributed by atoms with Gasteiger partial charge in [0.1, 0.15) is 5.52 Å². The van der Waals surface area contributed by atoms with Crippen molar-refractivity contribution in [2.75, 3.05) is 0 Å². The van der Waals surface area contributed by atoms with Gasteiger partial charge in [-0.1, -0.05) is 30.3 Å². The van der Waals surface area contributed by atoms with Crippen LogP contribution in [-0.4, -0.2) is 19.9 Å². The standard InChI is InChI=1S/C17H10F3N3O/c18-17(19,20)11-5-3-6-12(8-11)23-16(24)15-14(22-23)13-7-2-1-4-10(13)9-21-15/h1-9,24H. The van der Waals surface area contributed by atoms with Crippen molar-refractivity contribution in [3.8, 4) is 11.6 Å². The Kier molecular flexibility index (Phi) is 2.99. The van der Waals surface area contributed by atoms with Gasteiger partial charge in [0, 0.05) is 17.0 Å². The highest BCUT2D eigenvalue weighted by Crippen LogP contribution is 2.33. The molecule has 0 bridgehead atoms. The predicted molar refractivity (Wildman–Crippen MR) is 83.0 cm³/mol. The fourth-order valence-electron chi connectivity index (χ4n) is 2.65. The Labute approximate surface area is 133 Å². The van der Waals surface area contributed by atoms with E-state index in [1.54, 1.807) is 6.20 Å². The Morgan fingerprint density at radius 2 is 1.75 bits per heavy atom. The molecule has 1 N–H and O–H groups in total.